The van der Waals surface area contributed by atoms with Crippen molar-refractivity contribution in [3.05, 3.63) is 12.2 Å². The van der Waals surface area contributed by atoms with Gasteiger partial charge in [-0.15, -0.1) is 0 Å². The molecule has 1 fully saturated rings. The van der Waals surface area contributed by atoms with Crippen molar-refractivity contribution >= 4 is 0 Å². The summed E-state index contributed by atoms with van der Waals surface area (Å²) in [7, 11) is 1.82. The maximum Gasteiger partial charge on any atom is 0.158 e. The lowest BCUT2D eigenvalue weighted by Crippen LogP contribution is -2.32. The first-order valence-electron chi connectivity index (χ1n) is 4.71. The van der Waals surface area contributed by atoms with Crippen LogP contribution in [-0.2, 0) is 12.6 Å². The Morgan fingerprint density at radius 2 is 2.46 bits per heavy atom. The second-order valence-corrected chi connectivity index (χ2v) is 3.92. The van der Waals surface area contributed by atoms with Gasteiger partial charge in [0.1, 0.15) is 11.9 Å². The molecular formula is C9H15N3O. The van der Waals surface area contributed by atoms with Gasteiger partial charge in [0.15, 0.2) is 5.82 Å². The van der Waals surface area contributed by atoms with Gasteiger partial charge < -0.3 is 5.11 Å². The Bertz CT molecular complexity index is 310. The second kappa shape index (κ2) is 2.80. The highest BCUT2D eigenvalue weighted by Gasteiger charge is 2.43. The molecule has 1 N–H and O–H groups in total. The van der Waals surface area contributed by atoms with Crippen molar-refractivity contribution in [2.75, 3.05) is 0 Å². The number of aryl methyl sites for hydroxylation is 1. The van der Waals surface area contributed by atoms with Crippen LogP contribution in [0.3, 0.4) is 0 Å². The van der Waals surface area contributed by atoms with Gasteiger partial charge in [-0.2, -0.15) is 5.10 Å². The zero-order valence-electron chi connectivity index (χ0n) is 8.06. The molecule has 2 rings (SSSR count). The van der Waals surface area contributed by atoms with Crippen LogP contribution >= 0.6 is 0 Å². The highest BCUT2D eigenvalue weighted by Crippen LogP contribution is 2.41. The summed E-state index contributed by atoms with van der Waals surface area (Å²) in [6, 6.07) is 0. The molecule has 1 aliphatic rings. The standard InChI is InChI=1S/C9H15N3O/c1-7-4-3-5-9(7,13)8-10-6-11-12(8)2/h6-7,13H,3-5H2,1-2H3. The van der Waals surface area contributed by atoms with Gasteiger partial charge in [-0.3, -0.25) is 4.68 Å². The van der Waals surface area contributed by atoms with Gasteiger partial charge in [0.05, 0.1) is 0 Å². The number of hydrogen-bond donors (Lipinski definition) is 1. The van der Waals surface area contributed by atoms with Crippen LogP contribution in [0.25, 0.3) is 0 Å². The molecule has 0 amide bonds. The fourth-order valence-electron chi connectivity index (χ4n) is 2.18. The lowest BCUT2D eigenvalue weighted by Gasteiger charge is -2.26. The SMILES string of the molecule is CC1CCCC1(O)c1ncnn1C. The van der Waals surface area contributed by atoms with E-state index in [0.717, 1.165) is 19.3 Å². The predicted octanol–water partition coefficient (Wildman–Crippen LogP) is 0.823. The Morgan fingerprint density at radius 3 is 2.92 bits per heavy atom. The summed E-state index contributed by atoms with van der Waals surface area (Å²) < 4.78 is 1.67. The van der Waals surface area contributed by atoms with Crippen LogP contribution in [0, 0.1) is 5.92 Å². The van der Waals surface area contributed by atoms with Crippen LogP contribution in [0.5, 0.6) is 0 Å². The van der Waals surface area contributed by atoms with Crippen molar-refractivity contribution in [1.29, 1.82) is 0 Å². The van der Waals surface area contributed by atoms with Crippen LogP contribution in [0.15, 0.2) is 6.33 Å². The minimum absolute atomic E-state index is 0.287. The number of aromatic nitrogens is 3. The molecule has 1 aliphatic carbocycles. The van der Waals surface area contributed by atoms with E-state index in [2.05, 4.69) is 17.0 Å². The summed E-state index contributed by atoms with van der Waals surface area (Å²) >= 11 is 0. The molecule has 0 spiro atoms. The molecule has 4 nitrogen and oxygen atoms in total. The molecule has 72 valence electrons. The molecule has 1 saturated carbocycles. The van der Waals surface area contributed by atoms with Gasteiger partial charge in [0, 0.05) is 7.05 Å². The van der Waals surface area contributed by atoms with Gasteiger partial charge in [-0.05, 0) is 25.2 Å². The molecule has 0 saturated heterocycles. The summed E-state index contributed by atoms with van der Waals surface area (Å²) in [5, 5.41) is 14.4. The van der Waals surface area contributed by atoms with E-state index in [-0.39, 0.29) is 5.92 Å². The lowest BCUT2D eigenvalue weighted by molar-refractivity contribution is -0.00741. The third kappa shape index (κ3) is 1.16. The van der Waals surface area contributed by atoms with Gasteiger partial charge in [-0.1, -0.05) is 6.92 Å². The quantitative estimate of drug-likeness (QED) is 0.698. The topological polar surface area (TPSA) is 50.9 Å². The summed E-state index contributed by atoms with van der Waals surface area (Å²) in [6.45, 7) is 2.07. The molecule has 1 aromatic heterocycles. The third-order valence-corrected chi connectivity index (χ3v) is 3.11. The summed E-state index contributed by atoms with van der Waals surface area (Å²) in [5.41, 5.74) is -0.745. The van der Waals surface area contributed by atoms with Crippen molar-refractivity contribution in [1.82, 2.24) is 14.8 Å². The van der Waals surface area contributed by atoms with E-state index in [0.29, 0.717) is 5.82 Å². The average molecular weight is 181 g/mol. The Labute approximate surface area is 77.6 Å². The van der Waals surface area contributed by atoms with Crippen LogP contribution in [0.1, 0.15) is 32.0 Å². The van der Waals surface area contributed by atoms with E-state index in [4.69, 9.17) is 0 Å². The molecule has 0 aromatic carbocycles. The van der Waals surface area contributed by atoms with Gasteiger partial charge in [0.2, 0.25) is 0 Å². The van der Waals surface area contributed by atoms with Gasteiger partial charge >= 0.3 is 0 Å². The largest absolute Gasteiger partial charge is 0.382 e. The van der Waals surface area contributed by atoms with E-state index in [9.17, 15) is 5.11 Å². The smallest absolute Gasteiger partial charge is 0.158 e. The van der Waals surface area contributed by atoms with Crippen LogP contribution in [0.2, 0.25) is 0 Å². The molecule has 0 bridgehead atoms. The predicted molar refractivity (Wildman–Crippen MR) is 47.9 cm³/mol. The Morgan fingerprint density at radius 1 is 1.69 bits per heavy atom. The zero-order chi connectivity index (χ0) is 9.47. The minimum Gasteiger partial charge on any atom is -0.382 e. The normalized spacial score (nSPS) is 33.9. The number of aliphatic hydroxyl groups is 1. The molecular weight excluding hydrogens is 166 g/mol. The first kappa shape index (κ1) is 8.69. The molecule has 0 aliphatic heterocycles. The van der Waals surface area contributed by atoms with Crippen LogP contribution in [-0.4, -0.2) is 19.9 Å². The lowest BCUT2D eigenvalue weighted by atomic mass is 9.92. The fraction of sp³-hybridized carbons (Fsp3) is 0.778. The van der Waals surface area contributed by atoms with Gasteiger partial charge in [-0.25, -0.2) is 4.98 Å². The van der Waals surface area contributed by atoms with Crippen molar-refractivity contribution in [3.8, 4) is 0 Å². The van der Waals surface area contributed by atoms with Crippen molar-refractivity contribution < 1.29 is 5.11 Å². The second-order valence-electron chi connectivity index (χ2n) is 3.92. The fourth-order valence-corrected chi connectivity index (χ4v) is 2.18. The first-order chi connectivity index (χ1) is 6.14. The van der Waals surface area contributed by atoms with Crippen LogP contribution in [0.4, 0.5) is 0 Å². The minimum atomic E-state index is -0.745. The van der Waals surface area contributed by atoms with Gasteiger partial charge in [0.25, 0.3) is 0 Å². The number of nitrogens with zero attached hydrogens (tertiary/aromatic N) is 3. The number of rotatable bonds is 1. The maximum absolute atomic E-state index is 10.4. The first-order valence-corrected chi connectivity index (χ1v) is 4.71. The van der Waals surface area contributed by atoms with E-state index < -0.39 is 5.60 Å². The third-order valence-electron chi connectivity index (χ3n) is 3.11. The van der Waals surface area contributed by atoms with Crippen molar-refractivity contribution in [2.45, 2.75) is 31.8 Å². The van der Waals surface area contributed by atoms with E-state index in [1.807, 2.05) is 7.05 Å². The molecule has 4 heteroatoms. The monoisotopic (exact) mass is 181 g/mol. The molecule has 2 atom stereocenters. The van der Waals surface area contributed by atoms with Crippen LogP contribution < -0.4 is 0 Å². The Hall–Kier alpha value is -0.900. The molecule has 13 heavy (non-hydrogen) atoms. The highest BCUT2D eigenvalue weighted by molar-refractivity contribution is 5.06. The maximum atomic E-state index is 10.4. The number of hydrogen-bond acceptors (Lipinski definition) is 3. The van der Waals surface area contributed by atoms with E-state index in [1.54, 1.807) is 4.68 Å². The van der Waals surface area contributed by atoms with E-state index in [1.165, 1.54) is 6.33 Å². The molecule has 2 unspecified atom stereocenters. The molecule has 1 heterocycles. The van der Waals surface area contributed by atoms with Crippen molar-refractivity contribution in [2.24, 2.45) is 13.0 Å². The summed E-state index contributed by atoms with van der Waals surface area (Å²) in [6.07, 6.45) is 4.45. The zero-order valence-corrected chi connectivity index (χ0v) is 8.06. The summed E-state index contributed by atoms with van der Waals surface area (Å²) in [4.78, 5) is 4.12. The molecule has 1 aromatic rings. The Kier molecular flexibility index (Phi) is 1.87. The summed E-state index contributed by atoms with van der Waals surface area (Å²) in [5.74, 6) is 0.993. The Balaban J connectivity index is 2.39. The molecule has 0 radical (unpaired) electrons. The van der Waals surface area contributed by atoms with Crippen molar-refractivity contribution in [3.63, 3.8) is 0 Å². The average Bonchev–Trinajstić information content (AvgIpc) is 2.62. The van der Waals surface area contributed by atoms with E-state index >= 15 is 0 Å². The highest BCUT2D eigenvalue weighted by atomic mass is 16.3.